The van der Waals surface area contributed by atoms with Crippen LogP contribution in [0.3, 0.4) is 0 Å². The van der Waals surface area contributed by atoms with E-state index >= 15 is 0 Å². The van der Waals surface area contributed by atoms with E-state index in [0.29, 0.717) is 5.69 Å². The fourth-order valence-electron chi connectivity index (χ4n) is 2.17. The molecule has 0 saturated carbocycles. The highest BCUT2D eigenvalue weighted by atomic mass is 16.2. The Morgan fingerprint density at radius 2 is 1.73 bits per heavy atom. The molecule has 22 heavy (non-hydrogen) atoms. The minimum atomic E-state index is -0.444. The van der Waals surface area contributed by atoms with E-state index < -0.39 is 11.2 Å². The van der Waals surface area contributed by atoms with Gasteiger partial charge in [-0.15, -0.1) is 0 Å². The van der Waals surface area contributed by atoms with Gasteiger partial charge in [-0.1, -0.05) is 36.4 Å². The lowest BCUT2D eigenvalue weighted by Gasteiger charge is -2.05. The molecule has 3 aromatic rings. The Kier molecular flexibility index (Phi) is 3.42. The first kappa shape index (κ1) is 13.9. The van der Waals surface area contributed by atoms with Crippen LogP contribution in [0, 0.1) is 0 Å². The minimum absolute atomic E-state index is 0.180. The minimum Gasteiger partial charge on any atom is -0.279 e. The fourth-order valence-corrected chi connectivity index (χ4v) is 2.17. The largest absolute Gasteiger partial charge is 0.332 e. The zero-order valence-electron chi connectivity index (χ0n) is 12.2. The van der Waals surface area contributed by atoms with Crippen molar-refractivity contribution in [2.24, 2.45) is 14.1 Å². The number of hydrogen-bond donors (Lipinski definition) is 0. The van der Waals surface area contributed by atoms with Gasteiger partial charge in [0.2, 0.25) is 0 Å². The van der Waals surface area contributed by atoms with Crippen molar-refractivity contribution in [3.8, 4) is 0 Å². The van der Waals surface area contributed by atoms with E-state index in [0.717, 1.165) is 10.1 Å². The van der Waals surface area contributed by atoms with Crippen molar-refractivity contribution in [3.05, 3.63) is 68.6 Å². The second kappa shape index (κ2) is 5.40. The van der Waals surface area contributed by atoms with Gasteiger partial charge >= 0.3 is 5.69 Å². The van der Waals surface area contributed by atoms with Gasteiger partial charge in [-0.05, 0) is 11.6 Å². The predicted molar refractivity (Wildman–Crippen MR) is 85.4 cm³/mol. The van der Waals surface area contributed by atoms with Crippen molar-refractivity contribution in [1.29, 1.82) is 0 Å². The number of benzene rings is 1. The van der Waals surface area contributed by atoms with Crippen molar-refractivity contribution in [3.63, 3.8) is 0 Å². The summed E-state index contributed by atoms with van der Waals surface area (Å²) in [6, 6.07) is 9.76. The van der Waals surface area contributed by atoms with Crippen molar-refractivity contribution in [2.75, 3.05) is 0 Å². The van der Waals surface area contributed by atoms with E-state index in [1.54, 1.807) is 19.3 Å². The van der Waals surface area contributed by atoms with Gasteiger partial charge in [-0.25, -0.2) is 14.8 Å². The van der Waals surface area contributed by atoms with Gasteiger partial charge in [-0.3, -0.25) is 13.9 Å². The molecule has 0 aliphatic rings. The number of aromatic nitrogens is 4. The summed E-state index contributed by atoms with van der Waals surface area (Å²) < 4.78 is 2.34. The van der Waals surface area contributed by atoms with E-state index in [4.69, 9.17) is 0 Å². The third kappa shape index (κ3) is 2.35. The lowest BCUT2D eigenvalue weighted by Crippen LogP contribution is -2.37. The number of nitrogens with zero attached hydrogens (tertiary/aromatic N) is 4. The summed E-state index contributed by atoms with van der Waals surface area (Å²) in [5.41, 5.74) is 1.19. The van der Waals surface area contributed by atoms with Gasteiger partial charge in [0.1, 0.15) is 0 Å². The predicted octanol–water partition coefficient (Wildman–Crippen LogP) is 1.20. The van der Waals surface area contributed by atoms with Gasteiger partial charge in [0.15, 0.2) is 11.2 Å². The quantitative estimate of drug-likeness (QED) is 0.712. The molecule has 0 spiro atoms. The first-order chi connectivity index (χ1) is 10.6. The van der Waals surface area contributed by atoms with E-state index in [9.17, 15) is 9.59 Å². The van der Waals surface area contributed by atoms with Gasteiger partial charge in [0.05, 0.1) is 11.9 Å². The topological polar surface area (TPSA) is 69.8 Å². The third-order valence-electron chi connectivity index (χ3n) is 3.42. The summed E-state index contributed by atoms with van der Waals surface area (Å²) in [4.78, 5) is 32.5. The molecule has 0 radical (unpaired) electrons. The monoisotopic (exact) mass is 294 g/mol. The highest BCUT2D eigenvalue weighted by Gasteiger charge is 2.10. The Balaban J connectivity index is 2.13. The Labute approximate surface area is 126 Å². The molecule has 0 atom stereocenters. The number of aryl methyl sites for hydroxylation is 1. The fraction of sp³-hybridized carbons (Fsp3) is 0.125. The molecule has 0 aliphatic carbocycles. The standard InChI is InChI=1S/C16H14N4O2/c1-19-14-13(15(21)20(2)16(19)22)18-12(10-17-14)9-8-11-6-4-3-5-7-11/h3-10H,1-2H3. The first-order valence-corrected chi connectivity index (χ1v) is 6.74. The zero-order valence-corrected chi connectivity index (χ0v) is 12.2. The van der Waals surface area contributed by atoms with Crippen LogP contribution in [0.25, 0.3) is 23.3 Å². The average Bonchev–Trinajstić information content (AvgIpc) is 2.57. The molecule has 0 fully saturated rings. The van der Waals surface area contributed by atoms with Crippen LogP contribution < -0.4 is 11.2 Å². The van der Waals surface area contributed by atoms with Crippen LogP contribution >= 0.6 is 0 Å². The van der Waals surface area contributed by atoms with Crippen LogP contribution in [0.5, 0.6) is 0 Å². The van der Waals surface area contributed by atoms with Crippen molar-refractivity contribution < 1.29 is 0 Å². The van der Waals surface area contributed by atoms with E-state index in [1.165, 1.54) is 11.6 Å². The second-order valence-corrected chi connectivity index (χ2v) is 4.92. The van der Waals surface area contributed by atoms with E-state index in [1.807, 2.05) is 36.4 Å². The molecule has 1 aromatic carbocycles. The van der Waals surface area contributed by atoms with Crippen LogP contribution in [-0.2, 0) is 14.1 Å². The Bertz CT molecular complexity index is 985. The lowest BCUT2D eigenvalue weighted by atomic mass is 10.2. The SMILES string of the molecule is Cn1c(=O)c2nc(C=Cc3ccccc3)cnc2n(C)c1=O. The van der Waals surface area contributed by atoms with Gasteiger partial charge in [-0.2, -0.15) is 0 Å². The van der Waals surface area contributed by atoms with Crippen molar-refractivity contribution >= 4 is 23.3 Å². The molecular weight excluding hydrogens is 280 g/mol. The van der Waals surface area contributed by atoms with Gasteiger partial charge in [0, 0.05) is 14.1 Å². The molecular formula is C16H14N4O2. The van der Waals surface area contributed by atoms with Crippen LogP contribution in [0.15, 0.2) is 46.1 Å². The summed E-state index contributed by atoms with van der Waals surface area (Å²) >= 11 is 0. The average molecular weight is 294 g/mol. The molecule has 2 aromatic heterocycles. The number of rotatable bonds is 2. The van der Waals surface area contributed by atoms with Crippen molar-refractivity contribution in [1.82, 2.24) is 19.1 Å². The van der Waals surface area contributed by atoms with Gasteiger partial charge in [0.25, 0.3) is 5.56 Å². The van der Waals surface area contributed by atoms with Gasteiger partial charge < -0.3 is 0 Å². The maximum Gasteiger partial charge on any atom is 0.332 e. The highest BCUT2D eigenvalue weighted by molar-refractivity contribution is 5.73. The molecule has 3 rings (SSSR count). The number of hydrogen-bond acceptors (Lipinski definition) is 4. The Morgan fingerprint density at radius 3 is 2.45 bits per heavy atom. The lowest BCUT2D eigenvalue weighted by molar-refractivity contribution is 0.704. The Hall–Kier alpha value is -3.02. The van der Waals surface area contributed by atoms with Crippen LogP contribution in [0.2, 0.25) is 0 Å². The van der Waals surface area contributed by atoms with Crippen molar-refractivity contribution in [2.45, 2.75) is 0 Å². The summed E-state index contributed by atoms with van der Waals surface area (Å²) in [6.07, 6.45) is 5.22. The first-order valence-electron chi connectivity index (χ1n) is 6.74. The summed E-state index contributed by atoms with van der Waals surface area (Å²) in [5.74, 6) is 0. The molecule has 0 bridgehead atoms. The highest BCUT2D eigenvalue weighted by Crippen LogP contribution is 2.07. The van der Waals surface area contributed by atoms with Crippen LogP contribution in [0.1, 0.15) is 11.3 Å². The molecule has 0 aliphatic heterocycles. The summed E-state index contributed by atoms with van der Waals surface area (Å²) in [5, 5.41) is 0. The normalized spacial score (nSPS) is 11.4. The number of fused-ring (bicyclic) bond motifs is 1. The molecule has 110 valence electrons. The zero-order chi connectivity index (χ0) is 15.7. The summed E-state index contributed by atoms with van der Waals surface area (Å²) in [6.45, 7) is 0. The van der Waals surface area contributed by atoms with Crippen LogP contribution in [-0.4, -0.2) is 19.1 Å². The maximum absolute atomic E-state index is 12.2. The molecule has 0 N–H and O–H groups in total. The summed E-state index contributed by atoms with van der Waals surface area (Å²) in [7, 11) is 3.00. The molecule has 6 heteroatoms. The van der Waals surface area contributed by atoms with Crippen LogP contribution in [0.4, 0.5) is 0 Å². The van der Waals surface area contributed by atoms with E-state index in [2.05, 4.69) is 9.97 Å². The molecule has 2 heterocycles. The molecule has 0 unspecified atom stereocenters. The molecule has 0 saturated heterocycles. The maximum atomic E-state index is 12.2. The smallest absolute Gasteiger partial charge is 0.279 e. The third-order valence-corrected chi connectivity index (χ3v) is 3.42. The second-order valence-electron chi connectivity index (χ2n) is 4.92. The Morgan fingerprint density at radius 1 is 1.00 bits per heavy atom. The molecule has 6 nitrogen and oxygen atoms in total. The molecule has 0 amide bonds. The van der Waals surface area contributed by atoms with E-state index in [-0.39, 0.29) is 11.2 Å².